The molecule has 0 aliphatic heterocycles. The molecule has 30 heavy (non-hydrogen) atoms. The Morgan fingerprint density at radius 2 is 2.00 bits per heavy atom. The number of aromatic nitrogens is 4. The minimum atomic E-state index is -0.925. The van der Waals surface area contributed by atoms with E-state index in [-0.39, 0.29) is 11.5 Å². The minimum Gasteiger partial charge on any atom is -0.502 e. The molecule has 0 saturated carbocycles. The van der Waals surface area contributed by atoms with Gasteiger partial charge in [0, 0.05) is 11.5 Å². The van der Waals surface area contributed by atoms with Gasteiger partial charge in [-0.3, -0.25) is 20.2 Å². The van der Waals surface area contributed by atoms with Crippen molar-refractivity contribution < 1.29 is 15.0 Å². The molecule has 0 radical (unpaired) electrons. The maximum Gasteiger partial charge on any atom is 0.318 e. The van der Waals surface area contributed by atoms with Crippen molar-refractivity contribution in [1.82, 2.24) is 20.2 Å². The summed E-state index contributed by atoms with van der Waals surface area (Å²) in [6, 6.07) is 7.35. The molecule has 2 heterocycles. The van der Waals surface area contributed by atoms with E-state index in [1.165, 1.54) is 0 Å². The summed E-state index contributed by atoms with van der Waals surface area (Å²) in [7, 11) is 0. The van der Waals surface area contributed by atoms with E-state index in [0.717, 1.165) is 28.7 Å². The summed E-state index contributed by atoms with van der Waals surface area (Å²) in [5, 5.41) is 44.6. The van der Waals surface area contributed by atoms with Gasteiger partial charge in [-0.05, 0) is 12.5 Å². The van der Waals surface area contributed by atoms with Gasteiger partial charge in [0.1, 0.15) is 5.52 Å². The standard InChI is InChI=1S/C17H12N8O5/c1-8-3-2-4-11-13(8)19-16-14(11)21-23-17(20-16)22-18-7-9-5-10(24(27)28)6-12(15(9)26)25(29)30/h2-7,26H,1H3,(H2,19,20,22,23)/b18-7+. The fourth-order valence-corrected chi connectivity index (χ4v) is 2.92. The third-order valence-corrected chi connectivity index (χ3v) is 4.34. The monoisotopic (exact) mass is 408 g/mol. The quantitative estimate of drug-likeness (QED) is 0.253. The van der Waals surface area contributed by atoms with E-state index in [2.05, 4.69) is 30.7 Å². The molecule has 0 unspecified atom stereocenters. The Morgan fingerprint density at radius 3 is 2.73 bits per heavy atom. The Morgan fingerprint density at radius 1 is 1.20 bits per heavy atom. The van der Waals surface area contributed by atoms with Crippen molar-refractivity contribution in [2.45, 2.75) is 6.92 Å². The van der Waals surface area contributed by atoms with E-state index in [1.807, 2.05) is 25.1 Å². The highest BCUT2D eigenvalue weighted by Gasteiger charge is 2.23. The lowest BCUT2D eigenvalue weighted by molar-refractivity contribution is -0.394. The molecule has 0 fully saturated rings. The number of fused-ring (bicyclic) bond motifs is 3. The molecule has 2 aromatic heterocycles. The van der Waals surface area contributed by atoms with E-state index in [1.54, 1.807) is 0 Å². The van der Waals surface area contributed by atoms with Gasteiger partial charge in [0.25, 0.3) is 11.6 Å². The number of hydrazone groups is 1. The second-order valence-electron chi connectivity index (χ2n) is 6.24. The Balaban J connectivity index is 1.65. The molecule has 13 nitrogen and oxygen atoms in total. The van der Waals surface area contributed by atoms with Crippen LogP contribution in [0.3, 0.4) is 0 Å². The van der Waals surface area contributed by atoms with Gasteiger partial charge >= 0.3 is 5.69 Å². The highest BCUT2D eigenvalue weighted by molar-refractivity contribution is 6.04. The third kappa shape index (κ3) is 3.19. The number of aromatic amines is 1. The van der Waals surface area contributed by atoms with Gasteiger partial charge in [0.05, 0.1) is 33.2 Å². The summed E-state index contributed by atoms with van der Waals surface area (Å²) < 4.78 is 0. The second-order valence-corrected chi connectivity index (χ2v) is 6.24. The average molecular weight is 408 g/mol. The van der Waals surface area contributed by atoms with E-state index < -0.39 is 27.0 Å². The third-order valence-electron chi connectivity index (χ3n) is 4.34. The molecule has 150 valence electrons. The number of hydrogen-bond donors (Lipinski definition) is 3. The zero-order valence-electron chi connectivity index (χ0n) is 15.2. The van der Waals surface area contributed by atoms with Gasteiger partial charge in [-0.25, -0.2) is 5.43 Å². The van der Waals surface area contributed by atoms with E-state index >= 15 is 0 Å². The van der Waals surface area contributed by atoms with Crippen LogP contribution in [0.15, 0.2) is 35.4 Å². The molecule has 0 bridgehead atoms. The predicted molar refractivity (Wildman–Crippen MR) is 107 cm³/mol. The minimum absolute atomic E-state index is 0.0161. The zero-order valence-corrected chi connectivity index (χ0v) is 15.2. The largest absolute Gasteiger partial charge is 0.502 e. The number of nitro benzene ring substituents is 2. The Kier molecular flexibility index (Phi) is 4.39. The topological polar surface area (TPSA) is 185 Å². The zero-order chi connectivity index (χ0) is 21.4. The van der Waals surface area contributed by atoms with Crippen LogP contribution < -0.4 is 5.43 Å². The molecule has 0 amide bonds. The van der Waals surface area contributed by atoms with Gasteiger partial charge in [0.15, 0.2) is 5.65 Å². The number of para-hydroxylation sites is 1. The van der Waals surface area contributed by atoms with Crippen molar-refractivity contribution in [2.24, 2.45) is 5.10 Å². The lowest BCUT2D eigenvalue weighted by atomic mass is 10.1. The van der Waals surface area contributed by atoms with Gasteiger partial charge in [-0.1, -0.05) is 18.2 Å². The molecule has 2 aromatic carbocycles. The molecule has 4 rings (SSSR count). The van der Waals surface area contributed by atoms with Crippen LogP contribution in [-0.4, -0.2) is 41.3 Å². The molecule has 0 aliphatic rings. The van der Waals surface area contributed by atoms with Crippen LogP contribution in [0.5, 0.6) is 5.75 Å². The first-order valence-corrected chi connectivity index (χ1v) is 8.41. The number of phenols is 1. The Hall–Kier alpha value is -4.68. The van der Waals surface area contributed by atoms with Gasteiger partial charge < -0.3 is 10.1 Å². The smallest absolute Gasteiger partial charge is 0.318 e. The van der Waals surface area contributed by atoms with Crippen LogP contribution >= 0.6 is 0 Å². The summed E-state index contributed by atoms with van der Waals surface area (Å²) in [6.45, 7) is 1.94. The average Bonchev–Trinajstić information content (AvgIpc) is 3.08. The van der Waals surface area contributed by atoms with Crippen molar-refractivity contribution in [1.29, 1.82) is 0 Å². The lowest BCUT2D eigenvalue weighted by Crippen LogP contribution is -2.00. The lowest BCUT2D eigenvalue weighted by Gasteiger charge is -2.01. The number of hydrogen-bond acceptors (Lipinski definition) is 10. The van der Waals surface area contributed by atoms with Crippen molar-refractivity contribution in [3.63, 3.8) is 0 Å². The van der Waals surface area contributed by atoms with Crippen LogP contribution in [0.25, 0.3) is 22.1 Å². The van der Waals surface area contributed by atoms with Gasteiger partial charge in [0.2, 0.25) is 5.75 Å². The van der Waals surface area contributed by atoms with Crippen molar-refractivity contribution in [2.75, 3.05) is 5.43 Å². The molecule has 3 N–H and O–H groups in total. The molecule has 0 saturated heterocycles. The molecule has 13 heteroatoms. The fourth-order valence-electron chi connectivity index (χ4n) is 2.92. The Bertz CT molecular complexity index is 1360. The van der Waals surface area contributed by atoms with Gasteiger partial charge in [-0.2, -0.15) is 10.1 Å². The molecule has 0 aliphatic carbocycles. The maximum absolute atomic E-state index is 11.0. The Labute approximate surface area is 166 Å². The summed E-state index contributed by atoms with van der Waals surface area (Å²) >= 11 is 0. The maximum atomic E-state index is 11.0. The number of benzene rings is 2. The predicted octanol–water partition coefficient (Wildman–Crippen LogP) is 2.78. The molecule has 4 aromatic rings. The van der Waals surface area contributed by atoms with E-state index in [4.69, 9.17) is 0 Å². The number of aryl methyl sites for hydroxylation is 1. The van der Waals surface area contributed by atoms with Gasteiger partial charge in [-0.15, -0.1) is 10.2 Å². The first-order chi connectivity index (χ1) is 14.3. The number of anilines is 1. The van der Waals surface area contributed by atoms with Crippen molar-refractivity contribution in [3.8, 4) is 5.75 Å². The summed E-state index contributed by atoms with van der Waals surface area (Å²) in [6.07, 6.45) is 0.984. The van der Waals surface area contributed by atoms with Crippen LogP contribution in [0.2, 0.25) is 0 Å². The highest BCUT2D eigenvalue weighted by atomic mass is 16.6. The molecular weight excluding hydrogens is 396 g/mol. The van der Waals surface area contributed by atoms with E-state index in [0.29, 0.717) is 17.2 Å². The number of nitro groups is 2. The first kappa shape index (κ1) is 18.7. The second kappa shape index (κ2) is 7.05. The summed E-state index contributed by atoms with van der Waals surface area (Å²) in [4.78, 5) is 27.6. The SMILES string of the molecule is Cc1cccc2c1[nH]c1nc(N/N=C/c3cc([N+](=O)[O-])cc([N+](=O)[O-])c3O)nnc12. The van der Waals surface area contributed by atoms with Crippen LogP contribution in [0.4, 0.5) is 17.3 Å². The molecule has 0 atom stereocenters. The fraction of sp³-hybridized carbons (Fsp3) is 0.0588. The summed E-state index contributed by atoms with van der Waals surface area (Å²) in [5.74, 6) is -0.737. The van der Waals surface area contributed by atoms with Crippen molar-refractivity contribution >= 4 is 45.6 Å². The number of H-pyrrole nitrogens is 1. The van der Waals surface area contributed by atoms with Crippen LogP contribution in [0.1, 0.15) is 11.1 Å². The molecular formula is C17H12N8O5. The molecule has 0 spiro atoms. The normalized spacial score (nSPS) is 11.4. The number of phenolic OH excluding ortho intramolecular Hbond substituents is 1. The number of nitrogens with one attached hydrogen (secondary N) is 2. The first-order valence-electron chi connectivity index (χ1n) is 8.41. The number of non-ortho nitro benzene ring substituents is 1. The number of nitrogens with zero attached hydrogens (tertiary/aromatic N) is 6. The number of aromatic hydroxyl groups is 1. The van der Waals surface area contributed by atoms with Crippen molar-refractivity contribution in [3.05, 3.63) is 61.7 Å². The van der Waals surface area contributed by atoms with Crippen LogP contribution in [-0.2, 0) is 0 Å². The highest BCUT2D eigenvalue weighted by Crippen LogP contribution is 2.33. The summed E-state index contributed by atoms with van der Waals surface area (Å²) in [5.41, 5.74) is 3.84. The van der Waals surface area contributed by atoms with E-state index in [9.17, 15) is 25.3 Å². The van der Waals surface area contributed by atoms with Crippen LogP contribution in [0, 0.1) is 27.2 Å². The number of rotatable bonds is 5.